The lowest BCUT2D eigenvalue weighted by atomic mass is 9.81. The van der Waals surface area contributed by atoms with Gasteiger partial charge in [0.1, 0.15) is 6.54 Å². The molecule has 1 saturated carbocycles. The molecule has 0 unspecified atom stereocenters. The second-order valence-corrected chi connectivity index (χ2v) is 7.84. The molecule has 30 heavy (non-hydrogen) atoms. The molecule has 8 heteroatoms. The lowest BCUT2D eigenvalue weighted by Crippen LogP contribution is -2.44. The summed E-state index contributed by atoms with van der Waals surface area (Å²) >= 11 is 0. The highest BCUT2D eigenvalue weighted by atomic mass is 16.5. The number of ketones is 1. The van der Waals surface area contributed by atoms with Gasteiger partial charge in [0, 0.05) is 0 Å². The number of nitrogens with one attached hydrogen (secondary N) is 1. The maximum absolute atomic E-state index is 12.4. The van der Waals surface area contributed by atoms with Gasteiger partial charge in [0.25, 0.3) is 5.91 Å². The normalized spacial score (nSPS) is 21.7. The first-order chi connectivity index (χ1) is 14.4. The molecule has 3 amide bonds. The fourth-order valence-electron chi connectivity index (χ4n) is 4.09. The number of carbonyl (C=O) groups excluding carboxylic acids is 5. The number of carbonyl (C=O) groups is 5. The van der Waals surface area contributed by atoms with E-state index >= 15 is 0 Å². The molecule has 1 aliphatic heterocycles. The average Bonchev–Trinajstić information content (AvgIpc) is 2.97. The van der Waals surface area contributed by atoms with Crippen molar-refractivity contribution >= 4 is 29.5 Å². The van der Waals surface area contributed by atoms with Crippen LogP contribution in [0, 0.1) is 11.8 Å². The van der Waals surface area contributed by atoms with Gasteiger partial charge in [-0.1, -0.05) is 43.2 Å². The topological polar surface area (TPSA) is 110 Å². The number of amides is 3. The summed E-state index contributed by atoms with van der Waals surface area (Å²) in [6.45, 7) is 0.308. The Morgan fingerprint density at radius 1 is 1.07 bits per heavy atom. The maximum atomic E-state index is 12.4. The van der Waals surface area contributed by atoms with Crippen LogP contribution in [0.5, 0.6) is 0 Å². The highest BCUT2D eigenvalue weighted by molar-refractivity contribution is 6.07. The molecule has 1 heterocycles. The van der Waals surface area contributed by atoms with Crippen molar-refractivity contribution in [3.63, 3.8) is 0 Å². The van der Waals surface area contributed by atoms with Crippen molar-refractivity contribution in [2.75, 3.05) is 13.2 Å². The van der Waals surface area contributed by atoms with E-state index in [4.69, 9.17) is 4.74 Å². The summed E-state index contributed by atoms with van der Waals surface area (Å²) in [7, 11) is 0. The van der Waals surface area contributed by atoms with Crippen molar-refractivity contribution in [3.05, 3.63) is 35.9 Å². The van der Waals surface area contributed by atoms with Crippen molar-refractivity contribution in [2.24, 2.45) is 11.8 Å². The first-order valence-corrected chi connectivity index (χ1v) is 10.2. The second kappa shape index (κ2) is 9.65. The van der Waals surface area contributed by atoms with Crippen LogP contribution in [-0.2, 0) is 35.1 Å². The molecule has 160 valence electrons. The van der Waals surface area contributed by atoms with Crippen molar-refractivity contribution in [2.45, 2.75) is 45.1 Å². The van der Waals surface area contributed by atoms with E-state index in [1.54, 1.807) is 0 Å². The molecule has 1 N–H and O–H groups in total. The zero-order valence-electron chi connectivity index (χ0n) is 17.0. The van der Waals surface area contributed by atoms with Crippen molar-refractivity contribution in [1.29, 1.82) is 0 Å². The van der Waals surface area contributed by atoms with Crippen LogP contribution in [0.1, 0.15) is 38.2 Å². The standard InChI is InChI=1S/C22H26N2O6/c1-14(25)18(11-15-7-3-2-4-8-15)23-19(26)13-30-20(27)12-24-21(28)16-9-5-6-10-17(16)22(24)29/h2-4,7-8,16-18H,5-6,9-13H2,1H3,(H,23,26)/t16-,17+,18-/m0/s1. The lowest BCUT2D eigenvalue weighted by Gasteiger charge is -2.19. The van der Waals surface area contributed by atoms with Gasteiger partial charge in [0.2, 0.25) is 11.8 Å². The van der Waals surface area contributed by atoms with E-state index in [0.29, 0.717) is 19.3 Å². The molecular formula is C22H26N2O6. The Hall–Kier alpha value is -3.03. The molecular weight excluding hydrogens is 388 g/mol. The fraction of sp³-hybridized carbons (Fsp3) is 0.500. The minimum atomic E-state index is -0.826. The van der Waals surface area contributed by atoms with Crippen molar-refractivity contribution in [3.8, 4) is 0 Å². The Balaban J connectivity index is 1.48. The van der Waals surface area contributed by atoms with Gasteiger partial charge in [0.05, 0.1) is 17.9 Å². The third kappa shape index (κ3) is 5.11. The van der Waals surface area contributed by atoms with Gasteiger partial charge in [-0.05, 0) is 31.7 Å². The molecule has 8 nitrogen and oxygen atoms in total. The van der Waals surface area contributed by atoms with E-state index in [1.807, 2.05) is 30.3 Å². The van der Waals surface area contributed by atoms with Gasteiger partial charge in [0.15, 0.2) is 12.4 Å². The Bertz CT molecular complexity index is 813. The number of imide groups is 1. The van der Waals surface area contributed by atoms with Gasteiger partial charge in [-0.15, -0.1) is 0 Å². The van der Waals surface area contributed by atoms with Crippen molar-refractivity contribution in [1.82, 2.24) is 10.2 Å². The minimum absolute atomic E-state index is 0.214. The van der Waals surface area contributed by atoms with E-state index in [9.17, 15) is 24.0 Å². The number of hydrogen-bond donors (Lipinski definition) is 1. The number of fused-ring (bicyclic) bond motifs is 1. The summed E-state index contributed by atoms with van der Waals surface area (Å²) < 4.78 is 4.94. The molecule has 1 saturated heterocycles. The Kier molecular flexibility index (Phi) is 6.97. The largest absolute Gasteiger partial charge is 0.454 e. The van der Waals surface area contributed by atoms with Crippen LogP contribution in [0.4, 0.5) is 0 Å². The first-order valence-electron chi connectivity index (χ1n) is 10.2. The fourth-order valence-corrected chi connectivity index (χ4v) is 4.09. The van der Waals surface area contributed by atoms with E-state index < -0.39 is 31.1 Å². The number of ether oxygens (including phenoxy) is 1. The molecule has 1 aromatic rings. The SMILES string of the molecule is CC(=O)[C@H](Cc1ccccc1)NC(=O)COC(=O)CN1C(=O)[C@H]2CCCC[C@H]2C1=O. The van der Waals surface area contributed by atoms with Gasteiger partial charge >= 0.3 is 5.97 Å². The van der Waals surface area contributed by atoms with Crippen LogP contribution in [0.15, 0.2) is 30.3 Å². The molecule has 0 bridgehead atoms. The summed E-state index contributed by atoms with van der Waals surface area (Å²) in [5, 5.41) is 2.56. The van der Waals surface area contributed by atoms with Crippen LogP contribution in [-0.4, -0.2) is 53.6 Å². The zero-order chi connectivity index (χ0) is 21.7. The molecule has 1 aliphatic carbocycles. The number of nitrogens with zero attached hydrogens (tertiary/aromatic N) is 1. The second-order valence-electron chi connectivity index (χ2n) is 7.84. The van der Waals surface area contributed by atoms with Crippen LogP contribution in [0.25, 0.3) is 0 Å². The van der Waals surface area contributed by atoms with Gasteiger partial charge in [-0.3, -0.25) is 28.9 Å². The number of Topliss-reactive ketones (excluding diaryl/α,β-unsaturated/α-hetero) is 1. The van der Waals surface area contributed by atoms with Crippen molar-refractivity contribution < 1.29 is 28.7 Å². The highest BCUT2D eigenvalue weighted by Gasteiger charge is 2.48. The number of hydrogen-bond acceptors (Lipinski definition) is 6. The Labute approximate surface area is 174 Å². The van der Waals surface area contributed by atoms with Crippen LogP contribution >= 0.6 is 0 Å². The summed E-state index contributed by atoms with van der Waals surface area (Å²) in [6, 6.07) is 8.51. The van der Waals surface area contributed by atoms with E-state index in [0.717, 1.165) is 23.3 Å². The molecule has 0 spiro atoms. The number of rotatable bonds is 8. The van der Waals surface area contributed by atoms with E-state index in [1.165, 1.54) is 6.92 Å². The maximum Gasteiger partial charge on any atom is 0.326 e. The molecule has 0 aromatic heterocycles. The molecule has 2 fully saturated rings. The average molecular weight is 414 g/mol. The highest BCUT2D eigenvalue weighted by Crippen LogP contribution is 2.37. The first kappa shape index (κ1) is 21.7. The van der Waals surface area contributed by atoms with E-state index in [2.05, 4.69) is 5.32 Å². The molecule has 3 rings (SSSR count). The minimum Gasteiger partial charge on any atom is -0.454 e. The third-order valence-corrected chi connectivity index (χ3v) is 5.69. The molecule has 2 aliphatic rings. The molecule has 3 atom stereocenters. The quantitative estimate of drug-likeness (QED) is 0.502. The zero-order valence-corrected chi connectivity index (χ0v) is 17.0. The summed E-state index contributed by atoms with van der Waals surface area (Å²) in [6.07, 6.45) is 3.46. The Morgan fingerprint density at radius 3 is 2.23 bits per heavy atom. The van der Waals surface area contributed by atoms with Crippen LogP contribution in [0.3, 0.4) is 0 Å². The summed E-state index contributed by atoms with van der Waals surface area (Å²) in [5.41, 5.74) is 0.891. The Morgan fingerprint density at radius 2 is 1.67 bits per heavy atom. The van der Waals surface area contributed by atoms with Gasteiger partial charge in [-0.2, -0.15) is 0 Å². The summed E-state index contributed by atoms with van der Waals surface area (Å²) in [4.78, 5) is 61.8. The number of esters is 1. The smallest absolute Gasteiger partial charge is 0.326 e. The third-order valence-electron chi connectivity index (χ3n) is 5.69. The van der Waals surface area contributed by atoms with Crippen LogP contribution < -0.4 is 5.32 Å². The molecule has 0 radical (unpaired) electrons. The van der Waals surface area contributed by atoms with Crippen LogP contribution in [0.2, 0.25) is 0 Å². The lowest BCUT2D eigenvalue weighted by molar-refractivity contribution is -0.155. The molecule has 1 aromatic carbocycles. The predicted molar refractivity (Wildman–Crippen MR) is 106 cm³/mol. The van der Waals surface area contributed by atoms with Gasteiger partial charge in [-0.25, -0.2) is 0 Å². The predicted octanol–water partition coefficient (Wildman–Crippen LogP) is 1.02. The van der Waals surface area contributed by atoms with Gasteiger partial charge < -0.3 is 10.1 Å². The number of likely N-dealkylation sites (tertiary alicyclic amines) is 1. The summed E-state index contributed by atoms with van der Waals surface area (Å²) in [5.74, 6) is -2.99. The number of benzene rings is 1. The monoisotopic (exact) mass is 414 g/mol. The van der Waals surface area contributed by atoms with E-state index in [-0.39, 0.29) is 29.4 Å².